The van der Waals surface area contributed by atoms with Crippen molar-refractivity contribution in [3.8, 4) is 11.5 Å². The van der Waals surface area contributed by atoms with E-state index >= 15 is 0 Å². The highest BCUT2D eigenvalue weighted by Crippen LogP contribution is 2.43. The summed E-state index contributed by atoms with van der Waals surface area (Å²) in [4.78, 5) is 12.4. The number of carbonyl (C=O) groups is 1. The zero-order chi connectivity index (χ0) is 18.0. The van der Waals surface area contributed by atoms with Gasteiger partial charge in [-0.25, -0.2) is 0 Å². The minimum absolute atomic E-state index is 0.00154. The molecule has 1 saturated carbocycles. The lowest BCUT2D eigenvalue weighted by Gasteiger charge is -2.48. The predicted molar refractivity (Wildman–Crippen MR) is 99.3 cm³/mol. The third-order valence-electron chi connectivity index (χ3n) is 5.40. The highest BCUT2D eigenvalue weighted by atomic mass is 16.6. The van der Waals surface area contributed by atoms with E-state index in [0.717, 1.165) is 18.6 Å². The number of rotatable bonds is 5. The second kappa shape index (κ2) is 7.00. The van der Waals surface area contributed by atoms with Gasteiger partial charge in [-0.2, -0.15) is 0 Å². The Bertz CT molecular complexity index is 772. The average Bonchev–Trinajstić information content (AvgIpc) is 2.65. The number of ether oxygens (including phenoxy) is 2. The van der Waals surface area contributed by atoms with Crippen molar-refractivity contribution in [1.82, 2.24) is 5.32 Å². The highest BCUT2D eigenvalue weighted by Gasteiger charge is 2.45. The lowest BCUT2D eigenvalue weighted by Crippen LogP contribution is -2.56. The van der Waals surface area contributed by atoms with Crippen molar-refractivity contribution in [3.63, 3.8) is 0 Å². The van der Waals surface area contributed by atoms with Gasteiger partial charge in [0, 0.05) is 18.0 Å². The van der Waals surface area contributed by atoms with E-state index < -0.39 is 0 Å². The van der Waals surface area contributed by atoms with Crippen molar-refractivity contribution >= 4 is 5.91 Å². The molecular weight excluding hydrogens is 328 g/mol. The number of amides is 1. The van der Waals surface area contributed by atoms with Gasteiger partial charge in [-0.05, 0) is 30.5 Å². The Morgan fingerprint density at radius 3 is 2.50 bits per heavy atom. The predicted octanol–water partition coefficient (Wildman–Crippen LogP) is 2.39. The van der Waals surface area contributed by atoms with Crippen LogP contribution >= 0.6 is 0 Å². The molecule has 1 aliphatic heterocycles. The van der Waals surface area contributed by atoms with Crippen LogP contribution in [0.1, 0.15) is 24.8 Å². The Hall–Kier alpha value is -2.53. The third-order valence-corrected chi connectivity index (χ3v) is 5.40. The summed E-state index contributed by atoms with van der Waals surface area (Å²) < 4.78 is 11.5. The van der Waals surface area contributed by atoms with Crippen LogP contribution in [0.2, 0.25) is 0 Å². The van der Waals surface area contributed by atoms with Crippen LogP contribution in [0.3, 0.4) is 0 Å². The van der Waals surface area contributed by atoms with Crippen LogP contribution in [0.4, 0.5) is 0 Å². The summed E-state index contributed by atoms with van der Waals surface area (Å²) in [5.41, 5.74) is 7.29. The van der Waals surface area contributed by atoms with E-state index in [-0.39, 0.29) is 23.5 Å². The number of nitrogens with two attached hydrogens (primary N) is 1. The molecule has 0 bridgehead atoms. The van der Waals surface area contributed by atoms with Crippen molar-refractivity contribution in [2.24, 2.45) is 5.73 Å². The molecule has 4 rings (SSSR count). The molecule has 136 valence electrons. The van der Waals surface area contributed by atoms with Gasteiger partial charge in [-0.15, -0.1) is 0 Å². The number of hydrogen-bond donors (Lipinski definition) is 2. The van der Waals surface area contributed by atoms with Gasteiger partial charge in [0.2, 0.25) is 5.91 Å². The molecular formula is C21H24N2O3. The summed E-state index contributed by atoms with van der Waals surface area (Å²) >= 11 is 0. The summed E-state index contributed by atoms with van der Waals surface area (Å²) in [5, 5.41) is 3.12. The largest absolute Gasteiger partial charge is 0.486 e. The van der Waals surface area contributed by atoms with Crippen molar-refractivity contribution in [1.29, 1.82) is 0 Å². The molecule has 1 unspecified atom stereocenters. The summed E-state index contributed by atoms with van der Waals surface area (Å²) in [6.07, 6.45) is 1.80. The van der Waals surface area contributed by atoms with Gasteiger partial charge in [0.1, 0.15) is 12.7 Å². The number of para-hydroxylation sites is 2. The fraction of sp³-hybridized carbons (Fsp3) is 0.381. The second-order valence-corrected chi connectivity index (χ2v) is 7.22. The van der Waals surface area contributed by atoms with Crippen LogP contribution in [0.5, 0.6) is 11.5 Å². The summed E-state index contributed by atoms with van der Waals surface area (Å²) in [5.74, 6) is 1.44. The fourth-order valence-electron chi connectivity index (χ4n) is 3.95. The zero-order valence-corrected chi connectivity index (χ0v) is 14.7. The van der Waals surface area contributed by atoms with E-state index in [0.29, 0.717) is 25.3 Å². The maximum atomic E-state index is 12.4. The van der Waals surface area contributed by atoms with E-state index in [9.17, 15) is 4.79 Å². The minimum atomic E-state index is -0.252. The second-order valence-electron chi connectivity index (χ2n) is 7.22. The van der Waals surface area contributed by atoms with Crippen LogP contribution < -0.4 is 20.5 Å². The van der Waals surface area contributed by atoms with Gasteiger partial charge in [0.15, 0.2) is 11.5 Å². The van der Waals surface area contributed by atoms with Crippen LogP contribution in [-0.2, 0) is 10.2 Å². The molecule has 0 saturated heterocycles. The van der Waals surface area contributed by atoms with Gasteiger partial charge >= 0.3 is 0 Å². The molecule has 1 heterocycles. The lowest BCUT2D eigenvalue weighted by atomic mass is 9.61. The molecule has 1 amide bonds. The van der Waals surface area contributed by atoms with Gasteiger partial charge in [0.25, 0.3) is 0 Å². The quantitative estimate of drug-likeness (QED) is 0.867. The molecule has 1 atom stereocenters. The molecule has 26 heavy (non-hydrogen) atoms. The smallest absolute Gasteiger partial charge is 0.224 e. The number of benzene rings is 2. The first-order valence-electron chi connectivity index (χ1n) is 9.12. The molecule has 3 N–H and O–H groups in total. The number of hydrogen-bond acceptors (Lipinski definition) is 4. The molecule has 5 heteroatoms. The van der Waals surface area contributed by atoms with Crippen molar-refractivity contribution in [2.75, 3.05) is 13.2 Å². The van der Waals surface area contributed by atoms with Crippen LogP contribution in [0, 0.1) is 0 Å². The van der Waals surface area contributed by atoms with E-state index in [1.165, 1.54) is 5.56 Å². The molecule has 2 aliphatic rings. The SMILES string of the molecule is NCC1(c2ccccc2)CC(NC(=O)CC2COc3ccccc3O2)C1. The Morgan fingerprint density at radius 1 is 1.08 bits per heavy atom. The van der Waals surface area contributed by atoms with Crippen molar-refractivity contribution in [2.45, 2.75) is 36.8 Å². The molecule has 0 aromatic heterocycles. The normalized spacial score (nSPS) is 26.7. The standard InChI is InChI=1S/C21H24N2O3/c22-14-21(15-6-2-1-3-7-15)11-16(12-21)23-20(24)10-17-13-25-18-8-4-5-9-19(18)26-17/h1-9,16-17H,10-14,22H2,(H,23,24). The molecule has 5 nitrogen and oxygen atoms in total. The van der Waals surface area contributed by atoms with Crippen LogP contribution in [0.25, 0.3) is 0 Å². The van der Waals surface area contributed by atoms with E-state index in [4.69, 9.17) is 15.2 Å². The summed E-state index contributed by atoms with van der Waals surface area (Å²) in [7, 11) is 0. The Balaban J connectivity index is 1.29. The average molecular weight is 352 g/mol. The molecule has 2 aromatic rings. The lowest BCUT2D eigenvalue weighted by molar-refractivity contribution is -0.125. The Morgan fingerprint density at radius 2 is 1.77 bits per heavy atom. The first kappa shape index (κ1) is 16.9. The van der Waals surface area contributed by atoms with Crippen molar-refractivity contribution in [3.05, 3.63) is 60.2 Å². The number of fused-ring (bicyclic) bond motifs is 1. The Kier molecular flexibility index (Phi) is 4.55. The zero-order valence-electron chi connectivity index (χ0n) is 14.7. The first-order valence-corrected chi connectivity index (χ1v) is 9.12. The van der Waals surface area contributed by atoms with E-state index in [1.54, 1.807) is 0 Å². The topological polar surface area (TPSA) is 73.6 Å². The highest BCUT2D eigenvalue weighted by molar-refractivity contribution is 5.77. The third kappa shape index (κ3) is 3.27. The molecule has 0 spiro atoms. The van der Waals surface area contributed by atoms with Gasteiger partial charge in [-0.1, -0.05) is 42.5 Å². The minimum Gasteiger partial charge on any atom is -0.486 e. The molecule has 1 aliphatic carbocycles. The number of nitrogens with one attached hydrogen (secondary N) is 1. The van der Waals surface area contributed by atoms with E-state index in [1.807, 2.05) is 42.5 Å². The first-order chi connectivity index (χ1) is 12.7. The van der Waals surface area contributed by atoms with Crippen LogP contribution in [0.15, 0.2) is 54.6 Å². The Labute approximate surface area is 153 Å². The summed E-state index contributed by atoms with van der Waals surface area (Å²) in [6.45, 7) is 0.992. The van der Waals surface area contributed by atoms with E-state index in [2.05, 4.69) is 17.4 Å². The van der Waals surface area contributed by atoms with Crippen LogP contribution in [-0.4, -0.2) is 31.2 Å². The molecule has 1 fully saturated rings. The van der Waals surface area contributed by atoms with Gasteiger partial charge in [-0.3, -0.25) is 4.79 Å². The molecule has 0 radical (unpaired) electrons. The molecule has 2 aromatic carbocycles. The van der Waals surface area contributed by atoms with Gasteiger partial charge < -0.3 is 20.5 Å². The van der Waals surface area contributed by atoms with Crippen molar-refractivity contribution < 1.29 is 14.3 Å². The number of carbonyl (C=O) groups excluding carboxylic acids is 1. The maximum absolute atomic E-state index is 12.4. The summed E-state index contributed by atoms with van der Waals surface area (Å²) in [6, 6.07) is 18.0. The maximum Gasteiger partial charge on any atom is 0.224 e. The monoisotopic (exact) mass is 352 g/mol. The van der Waals surface area contributed by atoms with Gasteiger partial charge in [0.05, 0.1) is 6.42 Å². The fourth-order valence-corrected chi connectivity index (χ4v) is 3.95.